The predicted octanol–water partition coefficient (Wildman–Crippen LogP) is 3.68. The number of nitrogens with zero attached hydrogens (tertiary/aromatic N) is 22. The van der Waals surface area contributed by atoms with E-state index >= 15 is 0 Å². The molecule has 0 spiro atoms. The summed E-state index contributed by atoms with van der Waals surface area (Å²) in [6, 6.07) is 31.7. The second-order valence-electron chi connectivity index (χ2n) is 29.9. The Morgan fingerprint density at radius 2 is 0.576 bits per heavy atom. The minimum Gasteiger partial charge on any atom is -0.504 e. The number of phenolic OH excluding ortho intramolecular Hbond substituents is 14. The summed E-state index contributed by atoms with van der Waals surface area (Å²) in [5.41, 5.74) is 15.8. The summed E-state index contributed by atoms with van der Waals surface area (Å²) in [6.07, 6.45) is -1.26. The lowest BCUT2D eigenvalue weighted by Gasteiger charge is -2.35. The van der Waals surface area contributed by atoms with Gasteiger partial charge in [-0.05, 0) is 133 Å². The number of nitrogens with two attached hydrogens (primary N) is 2. The standard InChI is InChI=1S/C14H21N5O2.C13H19N5O2.2C12H17N5O2.2C11H15N5O2.C10H13N5O2/c1-9-15-13(17(2)3)19(5)14(16-9)18(4)10-6-7-11(20)12(21)8-10;1-8-14-12(17(2)3)16-13(15-8)18(4)9-5-6-10(19)11(20)7-9;1-7-13-11(16-12(14-7)17(2)3)15-8-4-5-9(18)10(19)6-8;1-7-14-11(13-2)16-12(15-7)17(3)8-4-5-9(18)10(19)6-8;1-6-13-10(12)15-11(14-6)16(2)7-3-4-8(17)9(18)5-7;1-6-13-10(12-2)16-11(14-6)15-7-3-4-8(17)9(18)5-7;1-5-12-9(11)15-10(13-5)14-6-2-3-7(16)8(17)4-6/h6-9,20-21H,1-5H3;5-8,19-20H,1-4H3,(H,14,15,16);2*4-7,18-19H,1-3H3,(H2,13,14,15,16);3-6,17-18H,1-2H3,(H3,12,13,14,15);3-6,17-18H,1-2H3,(H3,12,13,14,15,16);2-5,16-17H,1H3,(H4,11,12,13,14,15). The SMILES string of the molecule is CC1N=C(N(C)C)N(C)C(N(C)c2ccc(O)c(O)c2)=N1.CC1N=C(N(C)C)NC(N(C)c2ccc(O)c(O)c2)=N1.CC1N=C(N)NC(N(C)c2ccc(O)c(O)c2)=N1.CC1N=C(N)NC(Nc2ccc(O)c(O)c2)=N1.CC1N=C(Nc2ccc(O)c(O)c2)NC(N(C)C)=N1.CN=C1NC(N(C)c2ccc(O)c(O)c2)=NC(C)N1.CN=C1NC(Nc2ccc(O)c(O)c2)=NC(C)N1. The van der Waals surface area contributed by atoms with Gasteiger partial charge in [0.1, 0.15) is 43.2 Å². The quantitative estimate of drug-likeness (QED) is 0.0799. The Kier molecular flexibility index (Phi) is 34.5. The van der Waals surface area contributed by atoms with E-state index in [2.05, 4.69) is 128 Å². The molecule has 132 heavy (non-hydrogen) atoms. The van der Waals surface area contributed by atoms with Crippen LogP contribution in [0.3, 0.4) is 0 Å². The maximum absolute atomic E-state index is 9.64. The smallest absolute Gasteiger partial charge is 0.209 e. The molecule has 0 bridgehead atoms. The third kappa shape index (κ3) is 28.7. The maximum atomic E-state index is 9.64. The molecule has 49 nitrogen and oxygen atoms in total. The summed E-state index contributed by atoms with van der Waals surface area (Å²) in [6.45, 7) is 13.1. The van der Waals surface area contributed by atoms with Crippen LogP contribution in [-0.4, -0.2) is 309 Å². The maximum Gasteiger partial charge on any atom is 0.209 e. The molecule has 0 aromatic heterocycles. The molecule has 0 aliphatic carbocycles. The highest BCUT2D eigenvalue weighted by Crippen LogP contribution is 2.35. The predicted molar refractivity (Wildman–Crippen MR) is 517 cm³/mol. The normalized spacial score (nSPS) is 19.0. The molecule has 14 rings (SSSR count). The van der Waals surface area contributed by atoms with Gasteiger partial charge in [-0.3, -0.25) is 46.8 Å². The number of rotatable bonds is 7. The van der Waals surface area contributed by atoms with Crippen molar-refractivity contribution in [1.82, 2.24) is 62.1 Å². The number of guanidine groups is 14. The van der Waals surface area contributed by atoms with E-state index in [9.17, 15) is 71.5 Å². The van der Waals surface area contributed by atoms with Gasteiger partial charge >= 0.3 is 0 Å². The van der Waals surface area contributed by atoms with Crippen molar-refractivity contribution in [2.24, 2.45) is 81.4 Å². The van der Waals surface area contributed by atoms with Crippen molar-refractivity contribution in [2.45, 2.75) is 91.6 Å². The van der Waals surface area contributed by atoms with Crippen LogP contribution in [0, 0.1) is 0 Å². The number of anilines is 7. The first-order valence-electron chi connectivity index (χ1n) is 40.4. The zero-order valence-corrected chi connectivity index (χ0v) is 76.4. The summed E-state index contributed by atoms with van der Waals surface area (Å²) in [4.78, 5) is 74.2. The van der Waals surface area contributed by atoms with Gasteiger partial charge in [0, 0.05) is 174 Å². The molecule has 7 unspecified atom stereocenters. The van der Waals surface area contributed by atoms with Gasteiger partial charge in [-0.2, -0.15) is 0 Å². The van der Waals surface area contributed by atoms with Gasteiger partial charge in [-0.15, -0.1) is 0 Å². The number of nitrogens with one attached hydrogen (secondary N) is 11. The van der Waals surface area contributed by atoms with E-state index in [1.807, 2.05) is 137 Å². The molecule has 0 saturated heterocycles. The number of benzene rings is 7. The van der Waals surface area contributed by atoms with Gasteiger partial charge in [0.05, 0.1) is 0 Å². The van der Waals surface area contributed by atoms with Crippen LogP contribution in [-0.2, 0) is 0 Å². The van der Waals surface area contributed by atoms with E-state index < -0.39 is 0 Å². The highest BCUT2D eigenvalue weighted by atomic mass is 16.3. The third-order valence-corrected chi connectivity index (χ3v) is 18.5. The molecule has 0 saturated carbocycles. The molecule has 7 aliphatic heterocycles. The minimum atomic E-state index is -0.260. The fourth-order valence-corrected chi connectivity index (χ4v) is 11.8. The molecule has 7 aromatic rings. The van der Waals surface area contributed by atoms with Crippen molar-refractivity contribution in [3.8, 4) is 80.5 Å². The molecule has 0 amide bonds. The van der Waals surface area contributed by atoms with Gasteiger partial charge in [0.2, 0.25) is 59.6 Å². The number of hydrogen-bond donors (Lipinski definition) is 27. The van der Waals surface area contributed by atoms with Gasteiger partial charge in [0.15, 0.2) is 104 Å². The molecule has 7 heterocycles. The van der Waals surface area contributed by atoms with Gasteiger partial charge in [-0.25, -0.2) is 59.9 Å². The Hall–Kier alpha value is -17.1. The number of hydrogen-bond acceptors (Lipinski definition) is 45. The topological polar surface area (TPSA) is 667 Å². The van der Waals surface area contributed by atoms with Crippen molar-refractivity contribution >= 4 is 123 Å². The number of phenols is 14. The van der Waals surface area contributed by atoms with E-state index in [0.29, 0.717) is 99.7 Å². The van der Waals surface area contributed by atoms with Crippen LogP contribution >= 0.6 is 0 Å². The monoisotopic (exact) mass is 1830 g/mol. The minimum absolute atomic E-state index is 0.0943. The van der Waals surface area contributed by atoms with Gasteiger partial charge in [0.25, 0.3) is 0 Å². The summed E-state index contributed by atoms with van der Waals surface area (Å²) < 4.78 is 0. The van der Waals surface area contributed by atoms with Crippen molar-refractivity contribution in [2.75, 3.05) is 127 Å². The van der Waals surface area contributed by atoms with Gasteiger partial charge in [-0.1, -0.05) is 0 Å². The average molecular weight is 1830 g/mol. The Balaban J connectivity index is 0.000000190. The zero-order valence-electron chi connectivity index (χ0n) is 76.4. The lowest BCUT2D eigenvalue weighted by Crippen LogP contribution is -2.54. The zero-order chi connectivity index (χ0) is 97.4. The number of aliphatic imine (C=N–C) groups is 14. The second-order valence-corrected chi connectivity index (χ2v) is 29.9. The lowest BCUT2D eigenvalue weighted by atomic mass is 10.2. The Morgan fingerprint density at radius 1 is 0.288 bits per heavy atom. The highest BCUT2D eigenvalue weighted by molar-refractivity contribution is 6.12. The Bertz CT molecular complexity index is 5700. The highest BCUT2D eigenvalue weighted by Gasteiger charge is 2.28. The largest absolute Gasteiger partial charge is 0.504 e. The molecular formula is C83H117N35O14. The molecule has 0 radical (unpaired) electrons. The van der Waals surface area contributed by atoms with Crippen LogP contribution < -0.4 is 89.6 Å². The van der Waals surface area contributed by atoms with E-state index in [1.54, 1.807) is 85.2 Å². The Labute approximate surface area is 761 Å². The summed E-state index contributed by atoms with van der Waals surface area (Å²) in [7, 11) is 23.9. The van der Waals surface area contributed by atoms with E-state index in [0.717, 1.165) is 17.6 Å². The lowest BCUT2D eigenvalue weighted by molar-refractivity contribution is 0.404. The molecule has 7 aromatic carbocycles. The molecule has 7 aliphatic rings. The molecular weight excluding hydrogens is 1710 g/mol. The first-order valence-corrected chi connectivity index (χ1v) is 40.4. The third-order valence-electron chi connectivity index (χ3n) is 18.5. The molecule has 7 atom stereocenters. The van der Waals surface area contributed by atoms with Crippen LogP contribution in [0.5, 0.6) is 80.5 Å². The molecule has 0 fully saturated rings. The average Bonchev–Trinajstić information content (AvgIpc) is 0.801. The molecule has 29 N–H and O–H groups in total. The van der Waals surface area contributed by atoms with Crippen molar-refractivity contribution in [3.05, 3.63) is 127 Å². The molecule has 708 valence electrons. The van der Waals surface area contributed by atoms with Crippen LogP contribution in [0.25, 0.3) is 0 Å². The summed E-state index contributed by atoms with van der Waals surface area (Å²) in [5.74, 6) is 5.65. The second kappa shape index (κ2) is 45.4. The van der Waals surface area contributed by atoms with Crippen LogP contribution in [0.15, 0.2) is 197 Å². The first kappa shape index (κ1) is 100. The van der Waals surface area contributed by atoms with Crippen molar-refractivity contribution in [3.63, 3.8) is 0 Å². The van der Waals surface area contributed by atoms with Crippen LogP contribution in [0.2, 0.25) is 0 Å². The van der Waals surface area contributed by atoms with Gasteiger partial charge < -0.3 is 144 Å². The van der Waals surface area contributed by atoms with Crippen molar-refractivity contribution in [1.29, 1.82) is 0 Å². The van der Waals surface area contributed by atoms with E-state index in [1.165, 1.54) is 84.9 Å². The summed E-state index contributed by atoms with van der Waals surface area (Å²) in [5, 5.41) is 164. The molecule has 49 heteroatoms. The first-order chi connectivity index (χ1) is 62.2. The van der Waals surface area contributed by atoms with Crippen LogP contribution in [0.1, 0.15) is 48.5 Å². The van der Waals surface area contributed by atoms with Crippen molar-refractivity contribution < 1.29 is 71.5 Å². The fraction of sp³-hybridized carbons (Fsp3) is 0.325. The summed E-state index contributed by atoms with van der Waals surface area (Å²) >= 11 is 0. The fourth-order valence-electron chi connectivity index (χ4n) is 11.8. The van der Waals surface area contributed by atoms with E-state index in [-0.39, 0.29) is 130 Å². The number of aromatic hydroxyl groups is 14. The van der Waals surface area contributed by atoms with E-state index in [4.69, 9.17) is 11.5 Å². The Morgan fingerprint density at radius 3 is 0.939 bits per heavy atom. The van der Waals surface area contributed by atoms with Crippen LogP contribution in [0.4, 0.5) is 39.8 Å².